The minimum Gasteiger partial charge on any atom is -0.490 e. The van der Waals surface area contributed by atoms with Crippen molar-refractivity contribution in [2.45, 2.75) is 26.7 Å². The molecule has 5 nitrogen and oxygen atoms in total. The van der Waals surface area contributed by atoms with Gasteiger partial charge in [-0.15, -0.1) is 0 Å². The van der Waals surface area contributed by atoms with Gasteiger partial charge in [-0.1, -0.05) is 56.3 Å². The minimum absolute atomic E-state index is 0.181. The number of carbonyl (C=O) groups excluding carboxylic acids is 1. The van der Waals surface area contributed by atoms with E-state index in [4.69, 9.17) is 14.2 Å². The van der Waals surface area contributed by atoms with Gasteiger partial charge in [-0.05, 0) is 60.4 Å². The fourth-order valence-corrected chi connectivity index (χ4v) is 3.30. The number of hydrogen-bond acceptors (Lipinski definition) is 4. The molecule has 0 saturated carbocycles. The number of anilines is 1. The summed E-state index contributed by atoms with van der Waals surface area (Å²) in [6.07, 6.45) is 3.29. The number of para-hydroxylation sites is 2. The average molecular weight is 446 g/mol. The third-order valence-corrected chi connectivity index (χ3v) is 4.89. The molecule has 5 heteroatoms. The van der Waals surface area contributed by atoms with Crippen LogP contribution in [0.25, 0.3) is 6.08 Å². The predicted molar refractivity (Wildman–Crippen MR) is 133 cm³/mol. The summed E-state index contributed by atoms with van der Waals surface area (Å²) in [6, 6.07) is 23.1. The Labute approximate surface area is 196 Å². The van der Waals surface area contributed by atoms with E-state index in [9.17, 15) is 4.79 Å². The largest absolute Gasteiger partial charge is 0.490 e. The van der Waals surface area contributed by atoms with Crippen molar-refractivity contribution in [2.24, 2.45) is 0 Å². The monoisotopic (exact) mass is 445 g/mol. The Bertz CT molecular complexity index is 1060. The van der Waals surface area contributed by atoms with Crippen LogP contribution in [-0.2, 0) is 4.79 Å². The smallest absolute Gasteiger partial charge is 0.248 e. The topological polar surface area (TPSA) is 56.8 Å². The number of benzene rings is 3. The highest BCUT2D eigenvalue weighted by Gasteiger charge is 2.09. The zero-order chi connectivity index (χ0) is 23.5. The molecule has 0 heterocycles. The van der Waals surface area contributed by atoms with E-state index >= 15 is 0 Å². The van der Waals surface area contributed by atoms with E-state index in [-0.39, 0.29) is 5.91 Å². The Balaban J connectivity index is 1.59. The first-order valence-corrected chi connectivity index (χ1v) is 11.2. The molecule has 172 valence electrons. The van der Waals surface area contributed by atoms with Crippen molar-refractivity contribution in [3.05, 3.63) is 90.0 Å². The highest BCUT2D eigenvalue weighted by atomic mass is 16.5. The van der Waals surface area contributed by atoms with Gasteiger partial charge in [-0.3, -0.25) is 4.79 Å². The summed E-state index contributed by atoms with van der Waals surface area (Å²) in [4.78, 5) is 12.5. The lowest BCUT2D eigenvalue weighted by Gasteiger charge is -2.13. The number of carbonyl (C=O) groups is 1. The van der Waals surface area contributed by atoms with E-state index < -0.39 is 0 Å². The van der Waals surface area contributed by atoms with E-state index in [1.165, 1.54) is 6.08 Å². The first kappa shape index (κ1) is 23.9. The van der Waals surface area contributed by atoms with Gasteiger partial charge in [0.2, 0.25) is 5.91 Å². The fourth-order valence-electron chi connectivity index (χ4n) is 3.30. The molecule has 3 aromatic rings. The molecule has 3 aromatic carbocycles. The van der Waals surface area contributed by atoms with Crippen LogP contribution in [0, 0.1) is 0 Å². The summed E-state index contributed by atoms with van der Waals surface area (Å²) in [5.41, 5.74) is 2.79. The molecule has 0 aliphatic carbocycles. The van der Waals surface area contributed by atoms with Gasteiger partial charge in [0.1, 0.15) is 19.0 Å². The van der Waals surface area contributed by atoms with Crippen LogP contribution < -0.4 is 19.5 Å². The van der Waals surface area contributed by atoms with Crippen LogP contribution in [0.4, 0.5) is 5.69 Å². The Kier molecular flexibility index (Phi) is 8.95. The second-order valence-electron chi connectivity index (χ2n) is 7.71. The molecule has 33 heavy (non-hydrogen) atoms. The van der Waals surface area contributed by atoms with Crippen molar-refractivity contribution >= 4 is 17.7 Å². The Hall–Kier alpha value is -3.73. The lowest BCUT2D eigenvalue weighted by molar-refractivity contribution is -0.111. The molecule has 0 spiro atoms. The van der Waals surface area contributed by atoms with E-state index in [1.807, 2.05) is 79.7 Å². The van der Waals surface area contributed by atoms with Crippen LogP contribution in [0.5, 0.6) is 17.2 Å². The molecule has 1 amide bonds. The summed E-state index contributed by atoms with van der Waals surface area (Å²) in [5.74, 6) is 2.22. The van der Waals surface area contributed by atoms with Crippen molar-refractivity contribution in [2.75, 3.05) is 25.1 Å². The third-order valence-electron chi connectivity index (χ3n) is 4.89. The first-order chi connectivity index (χ1) is 16.1. The third kappa shape index (κ3) is 7.42. The molecule has 1 N–H and O–H groups in total. The van der Waals surface area contributed by atoms with Gasteiger partial charge in [0.05, 0.1) is 6.61 Å². The summed E-state index contributed by atoms with van der Waals surface area (Å²) in [7, 11) is 0. The van der Waals surface area contributed by atoms with E-state index in [2.05, 4.69) is 19.2 Å². The molecule has 0 fully saturated rings. The van der Waals surface area contributed by atoms with Gasteiger partial charge in [0.15, 0.2) is 11.5 Å². The maximum atomic E-state index is 12.5. The van der Waals surface area contributed by atoms with Gasteiger partial charge in [0.25, 0.3) is 0 Å². The molecular weight excluding hydrogens is 414 g/mol. The van der Waals surface area contributed by atoms with Crippen molar-refractivity contribution < 1.29 is 19.0 Å². The normalized spacial score (nSPS) is 10.9. The maximum absolute atomic E-state index is 12.5. The Morgan fingerprint density at radius 2 is 1.61 bits per heavy atom. The molecule has 0 bridgehead atoms. The van der Waals surface area contributed by atoms with Gasteiger partial charge in [-0.25, -0.2) is 0 Å². The quantitative estimate of drug-likeness (QED) is 0.277. The van der Waals surface area contributed by atoms with Gasteiger partial charge in [0, 0.05) is 11.8 Å². The summed E-state index contributed by atoms with van der Waals surface area (Å²) in [5, 5.41) is 2.97. The molecule has 0 radical (unpaired) electrons. The Morgan fingerprint density at radius 3 is 2.36 bits per heavy atom. The fraction of sp³-hybridized carbons (Fsp3) is 0.250. The SMILES string of the molecule is CCOc1cc(/C=C/C(=O)Nc2ccccc2C(C)C)ccc1OCCOc1ccccc1. The van der Waals surface area contributed by atoms with Crippen LogP contribution in [0.1, 0.15) is 37.8 Å². The van der Waals surface area contributed by atoms with Crippen molar-refractivity contribution in [1.29, 1.82) is 0 Å². The van der Waals surface area contributed by atoms with Gasteiger partial charge in [-0.2, -0.15) is 0 Å². The molecule has 0 unspecified atom stereocenters. The molecular formula is C28H31NO4. The molecule has 0 saturated heterocycles. The van der Waals surface area contributed by atoms with Crippen LogP contribution in [0.2, 0.25) is 0 Å². The van der Waals surface area contributed by atoms with Crippen LogP contribution in [0.3, 0.4) is 0 Å². The summed E-state index contributed by atoms with van der Waals surface area (Å²) in [6.45, 7) is 7.46. The van der Waals surface area contributed by atoms with Crippen LogP contribution in [-0.4, -0.2) is 25.7 Å². The van der Waals surface area contributed by atoms with Crippen molar-refractivity contribution in [3.63, 3.8) is 0 Å². The summed E-state index contributed by atoms with van der Waals surface area (Å²) < 4.78 is 17.3. The highest BCUT2D eigenvalue weighted by Crippen LogP contribution is 2.29. The molecule has 0 aliphatic rings. The second-order valence-corrected chi connectivity index (χ2v) is 7.71. The number of nitrogens with one attached hydrogen (secondary N) is 1. The molecule has 0 aliphatic heterocycles. The maximum Gasteiger partial charge on any atom is 0.248 e. The van der Waals surface area contributed by atoms with E-state index in [0.717, 1.165) is 22.6 Å². The average Bonchev–Trinajstić information content (AvgIpc) is 2.82. The first-order valence-electron chi connectivity index (χ1n) is 11.2. The lowest BCUT2D eigenvalue weighted by Crippen LogP contribution is -2.10. The van der Waals surface area contributed by atoms with Crippen molar-refractivity contribution in [1.82, 2.24) is 0 Å². The number of hydrogen-bond donors (Lipinski definition) is 1. The van der Waals surface area contributed by atoms with Gasteiger partial charge >= 0.3 is 0 Å². The van der Waals surface area contributed by atoms with E-state index in [1.54, 1.807) is 6.08 Å². The highest BCUT2D eigenvalue weighted by molar-refractivity contribution is 6.02. The standard InChI is InChI=1S/C28H31NO4/c1-4-31-27-20-22(14-16-26(27)33-19-18-32-23-10-6-5-7-11-23)15-17-28(30)29-25-13-9-8-12-24(25)21(2)3/h5-17,20-21H,4,18-19H2,1-3H3,(H,29,30)/b17-15+. The lowest BCUT2D eigenvalue weighted by atomic mass is 10.0. The molecule has 0 aromatic heterocycles. The number of ether oxygens (including phenoxy) is 3. The van der Waals surface area contributed by atoms with Crippen LogP contribution in [0.15, 0.2) is 78.9 Å². The zero-order valence-corrected chi connectivity index (χ0v) is 19.4. The predicted octanol–water partition coefficient (Wildman–Crippen LogP) is 6.32. The zero-order valence-electron chi connectivity index (χ0n) is 19.4. The summed E-state index contributed by atoms with van der Waals surface area (Å²) >= 11 is 0. The van der Waals surface area contributed by atoms with Crippen molar-refractivity contribution in [3.8, 4) is 17.2 Å². The van der Waals surface area contributed by atoms with Gasteiger partial charge < -0.3 is 19.5 Å². The minimum atomic E-state index is -0.181. The Morgan fingerprint density at radius 1 is 0.879 bits per heavy atom. The van der Waals surface area contributed by atoms with E-state index in [0.29, 0.717) is 37.2 Å². The van der Waals surface area contributed by atoms with Crippen LogP contribution >= 0.6 is 0 Å². The number of rotatable bonds is 11. The molecule has 0 atom stereocenters. The number of amides is 1. The molecule has 3 rings (SSSR count). The second kappa shape index (κ2) is 12.3.